The van der Waals surface area contributed by atoms with Crippen molar-refractivity contribution in [1.29, 1.82) is 0 Å². The van der Waals surface area contributed by atoms with Gasteiger partial charge in [0.25, 0.3) is 0 Å². The van der Waals surface area contributed by atoms with Crippen LogP contribution in [0.2, 0.25) is 0 Å². The molecule has 27 heavy (non-hydrogen) atoms. The number of carboxylic acids is 1. The highest BCUT2D eigenvalue weighted by atomic mass is 16.5. The minimum absolute atomic E-state index is 0.0850. The maximum atomic E-state index is 12.5. The molecule has 2 fully saturated rings. The van der Waals surface area contributed by atoms with Crippen LogP contribution >= 0.6 is 0 Å². The molecule has 2 amide bonds. The third kappa shape index (κ3) is 3.82. The molecule has 1 heterocycles. The maximum Gasteiger partial charge on any atom is 0.317 e. The largest absolute Gasteiger partial charge is 0.497 e. The molecule has 0 unspecified atom stereocenters. The molecule has 3 rings (SSSR count). The number of carbonyl (C=O) groups excluding carboxylic acids is 1. The number of methoxy groups -OCH3 is 2. The van der Waals surface area contributed by atoms with Gasteiger partial charge < -0.3 is 24.8 Å². The molecule has 0 spiro atoms. The van der Waals surface area contributed by atoms with Crippen LogP contribution in [0.3, 0.4) is 0 Å². The average molecular weight is 376 g/mol. The van der Waals surface area contributed by atoms with Crippen LogP contribution < -0.4 is 14.8 Å². The Morgan fingerprint density at radius 1 is 1.33 bits per heavy atom. The number of carboxylic acid groups (broad SMARTS) is 1. The Hall–Kier alpha value is -2.44. The summed E-state index contributed by atoms with van der Waals surface area (Å²) in [6, 6.07) is 5.51. The van der Waals surface area contributed by atoms with Gasteiger partial charge in [-0.25, -0.2) is 4.79 Å². The predicted octanol–water partition coefficient (Wildman–Crippen LogP) is 2.53. The number of aryl methyl sites for hydroxylation is 1. The summed E-state index contributed by atoms with van der Waals surface area (Å²) in [5.41, 5.74) is 0.303. The van der Waals surface area contributed by atoms with Crippen molar-refractivity contribution in [1.82, 2.24) is 10.2 Å². The van der Waals surface area contributed by atoms with Crippen LogP contribution in [-0.4, -0.2) is 55.9 Å². The second-order valence-electron chi connectivity index (χ2n) is 7.44. The Kier molecular flexibility index (Phi) is 5.77. The van der Waals surface area contributed by atoms with E-state index in [1.807, 2.05) is 18.2 Å². The minimum Gasteiger partial charge on any atom is -0.497 e. The van der Waals surface area contributed by atoms with Crippen LogP contribution in [-0.2, 0) is 11.2 Å². The van der Waals surface area contributed by atoms with Gasteiger partial charge in [-0.15, -0.1) is 0 Å². The first-order chi connectivity index (χ1) is 13.0. The SMILES string of the molecule is COc1ccc(OC)c(CCCNC(=O)N2C[C@@H]3CCC[C@@]3(C(=O)O)C2)c1. The van der Waals surface area contributed by atoms with Crippen molar-refractivity contribution in [2.75, 3.05) is 33.9 Å². The molecule has 148 valence electrons. The van der Waals surface area contributed by atoms with Crippen molar-refractivity contribution < 1.29 is 24.2 Å². The van der Waals surface area contributed by atoms with Crippen molar-refractivity contribution in [3.63, 3.8) is 0 Å². The van der Waals surface area contributed by atoms with Gasteiger partial charge >= 0.3 is 12.0 Å². The second kappa shape index (κ2) is 8.06. The van der Waals surface area contributed by atoms with E-state index < -0.39 is 11.4 Å². The average Bonchev–Trinajstić information content (AvgIpc) is 3.23. The Morgan fingerprint density at radius 3 is 2.81 bits per heavy atom. The number of rotatable bonds is 7. The van der Waals surface area contributed by atoms with Gasteiger partial charge in [-0.3, -0.25) is 4.79 Å². The monoisotopic (exact) mass is 376 g/mol. The van der Waals surface area contributed by atoms with E-state index in [2.05, 4.69) is 5.32 Å². The van der Waals surface area contributed by atoms with Gasteiger partial charge in [0, 0.05) is 19.6 Å². The number of likely N-dealkylation sites (tertiary alicyclic amines) is 1. The van der Waals surface area contributed by atoms with Crippen molar-refractivity contribution >= 4 is 12.0 Å². The van der Waals surface area contributed by atoms with E-state index in [1.165, 1.54) is 0 Å². The molecule has 7 nitrogen and oxygen atoms in total. The molecule has 0 bridgehead atoms. The van der Waals surface area contributed by atoms with Crippen LogP contribution in [0.5, 0.6) is 11.5 Å². The summed E-state index contributed by atoms with van der Waals surface area (Å²) in [6.07, 6.45) is 4.02. The number of hydrogen-bond donors (Lipinski definition) is 2. The van der Waals surface area contributed by atoms with Gasteiger partial charge in [0.2, 0.25) is 0 Å². The van der Waals surface area contributed by atoms with Crippen molar-refractivity contribution in [3.05, 3.63) is 23.8 Å². The number of nitrogens with one attached hydrogen (secondary N) is 1. The molecule has 7 heteroatoms. The summed E-state index contributed by atoms with van der Waals surface area (Å²) in [5, 5.41) is 12.6. The number of hydrogen-bond acceptors (Lipinski definition) is 4. The number of urea groups is 1. The van der Waals surface area contributed by atoms with Crippen molar-refractivity contribution in [3.8, 4) is 11.5 Å². The van der Waals surface area contributed by atoms with Crippen LogP contribution in [0.25, 0.3) is 0 Å². The predicted molar refractivity (Wildman–Crippen MR) is 100 cm³/mol. The van der Waals surface area contributed by atoms with E-state index in [9.17, 15) is 14.7 Å². The lowest BCUT2D eigenvalue weighted by Gasteiger charge is -2.23. The molecule has 1 saturated carbocycles. The number of nitrogens with zero attached hydrogens (tertiary/aromatic N) is 1. The molecular weight excluding hydrogens is 348 g/mol. The third-order valence-corrected chi connectivity index (χ3v) is 5.97. The van der Waals surface area contributed by atoms with Gasteiger partial charge in [0.1, 0.15) is 11.5 Å². The Labute approximate surface area is 159 Å². The van der Waals surface area contributed by atoms with E-state index >= 15 is 0 Å². The Bertz CT molecular complexity index is 708. The van der Waals surface area contributed by atoms with E-state index in [1.54, 1.807) is 19.1 Å². The Balaban J connectivity index is 1.49. The Morgan fingerprint density at radius 2 is 2.15 bits per heavy atom. The fraction of sp³-hybridized carbons (Fsp3) is 0.600. The van der Waals surface area contributed by atoms with Gasteiger partial charge in [-0.05, 0) is 55.4 Å². The normalized spacial score (nSPS) is 23.8. The quantitative estimate of drug-likeness (QED) is 0.714. The van der Waals surface area contributed by atoms with E-state index in [0.29, 0.717) is 26.1 Å². The second-order valence-corrected chi connectivity index (χ2v) is 7.44. The van der Waals surface area contributed by atoms with Crippen LogP contribution in [0, 0.1) is 11.3 Å². The van der Waals surface area contributed by atoms with E-state index in [-0.39, 0.29) is 11.9 Å². The minimum atomic E-state index is -0.759. The zero-order chi connectivity index (χ0) is 19.4. The summed E-state index contributed by atoms with van der Waals surface area (Å²) in [6.45, 7) is 1.39. The molecule has 0 aromatic heterocycles. The lowest BCUT2D eigenvalue weighted by atomic mass is 9.81. The summed E-state index contributed by atoms with van der Waals surface area (Å²) in [7, 11) is 3.26. The highest BCUT2D eigenvalue weighted by molar-refractivity contribution is 5.80. The standard InChI is InChI=1S/C20H28N2O5/c1-26-16-7-8-17(27-2)14(11-16)5-4-10-21-19(25)22-12-15-6-3-9-20(15,13-22)18(23)24/h7-8,11,15H,3-6,9-10,12-13H2,1-2H3,(H,21,25)(H,23,24)/t15-,20+/m0/s1. The summed E-state index contributed by atoms with van der Waals surface area (Å²) in [5.74, 6) is 0.905. The summed E-state index contributed by atoms with van der Waals surface area (Å²) >= 11 is 0. The number of ether oxygens (including phenoxy) is 2. The number of amides is 2. The van der Waals surface area contributed by atoms with Gasteiger partial charge in [0.05, 0.1) is 19.6 Å². The molecular formula is C20H28N2O5. The fourth-order valence-corrected chi connectivity index (χ4v) is 4.46. The van der Waals surface area contributed by atoms with E-state index in [0.717, 1.165) is 42.7 Å². The lowest BCUT2D eigenvalue weighted by molar-refractivity contribution is -0.149. The van der Waals surface area contributed by atoms with Crippen molar-refractivity contribution in [2.45, 2.75) is 32.1 Å². The molecule has 1 saturated heterocycles. The first-order valence-electron chi connectivity index (χ1n) is 9.47. The van der Waals surface area contributed by atoms with Crippen LogP contribution in [0.1, 0.15) is 31.2 Å². The smallest absolute Gasteiger partial charge is 0.317 e. The van der Waals surface area contributed by atoms with Gasteiger partial charge in [-0.2, -0.15) is 0 Å². The third-order valence-electron chi connectivity index (χ3n) is 5.97. The molecule has 2 aliphatic rings. The topological polar surface area (TPSA) is 88.1 Å². The zero-order valence-electron chi connectivity index (χ0n) is 16.0. The highest BCUT2D eigenvalue weighted by Crippen LogP contribution is 2.48. The number of carbonyl (C=O) groups is 2. The zero-order valence-corrected chi connectivity index (χ0v) is 16.0. The molecule has 0 radical (unpaired) electrons. The first-order valence-corrected chi connectivity index (χ1v) is 9.47. The molecule has 1 aliphatic heterocycles. The fourth-order valence-electron chi connectivity index (χ4n) is 4.46. The van der Waals surface area contributed by atoms with E-state index in [4.69, 9.17) is 9.47 Å². The summed E-state index contributed by atoms with van der Waals surface area (Å²) < 4.78 is 10.6. The molecule has 1 aliphatic carbocycles. The van der Waals surface area contributed by atoms with Gasteiger partial charge in [-0.1, -0.05) is 6.42 Å². The molecule has 1 aromatic rings. The van der Waals surface area contributed by atoms with Crippen LogP contribution in [0.15, 0.2) is 18.2 Å². The number of aliphatic carboxylic acids is 1. The first kappa shape index (κ1) is 19.3. The van der Waals surface area contributed by atoms with Gasteiger partial charge in [0.15, 0.2) is 0 Å². The van der Waals surface area contributed by atoms with Crippen molar-refractivity contribution in [2.24, 2.45) is 11.3 Å². The van der Waals surface area contributed by atoms with Crippen LogP contribution in [0.4, 0.5) is 4.79 Å². The lowest BCUT2D eigenvalue weighted by Crippen LogP contribution is -2.42. The number of benzene rings is 1. The molecule has 2 N–H and O–H groups in total. The molecule has 2 atom stereocenters. The number of fused-ring (bicyclic) bond motifs is 1. The summed E-state index contributed by atoms with van der Waals surface area (Å²) in [4.78, 5) is 25.8. The maximum absolute atomic E-state index is 12.5. The highest BCUT2D eigenvalue weighted by Gasteiger charge is 2.55. The molecule has 1 aromatic carbocycles.